The van der Waals surface area contributed by atoms with Gasteiger partial charge in [0.2, 0.25) is 0 Å². The molecule has 0 spiro atoms. The third-order valence-corrected chi connectivity index (χ3v) is 5.56. The van der Waals surface area contributed by atoms with Crippen LogP contribution in [0.1, 0.15) is 22.5 Å². The van der Waals surface area contributed by atoms with Gasteiger partial charge in [0.1, 0.15) is 16.5 Å². The summed E-state index contributed by atoms with van der Waals surface area (Å²) in [5.74, 6) is 1.66. The van der Waals surface area contributed by atoms with Crippen LogP contribution in [0.3, 0.4) is 0 Å². The van der Waals surface area contributed by atoms with Crippen molar-refractivity contribution in [3.05, 3.63) is 71.0 Å². The van der Waals surface area contributed by atoms with Crippen molar-refractivity contribution in [1.29, 1.82) is 0 Å². The van der Waals surface area contributed by atoms with Gasteiger partial charge in [0.15, 0.2) is 0 Å². The molecule has 2 aromatic heterocycles. The molecule has 4 heteroatoms. The molecule has 2 aromatic carbocycles. The second-order valence-corrected chi connectivity index (χ2v) is 7.74. The molecule has 0 saturated heterocycles. The number of hydrogen-bond acceptors (Lipinski definition) is 4. The summed E-state index contributed by atoms with van der Waals surface area (Å²) in [4.78, 5) is 11.6. The SMILES string of the molecule is Cc1cc(C)c(Nc2nc(C)nc3sc(-c4ccccc4)cc23)c(C)c1. The fraction of sp³-hybridized carbons (Fsp3) is 0.182. The van der Waals surface area contributed by atoms with Gasteiger partial charge in [0.25, 0.3) is 0 Å². The van der Waals surface area contributed by atoms with Crippen LogP contribution in [-0.2, 0) is 0 Å². The molecule has 3 nitrogen and oxygen atoms in total. The molecular formula is C22H21N3S. The summed E-state index contributed by atoms with van der Waals surface area (Å²) >= 11 is 1.71. The van der Waals surface area contributed by atoms with Crippen LogP contribution in [0.4, 0.5) is 11.5 Å². The maximum absolute atomic E-state index is 4.69. The minimum absolute atomic E-state index is 0.781. The summed E-state index contributed by atoms with van der Waals surface area (Å²) in [6.45, 7) is 8.34. The standard InChI is InChI=1S/C22H21N3S/c1-13-10-14(2)20(15(3)11-13)25-21-18-12-19(17-8-6-5-7-9-17)26-22(18)24-16(4)23-21/h5-12H,1-4H3,(H,23,24,25). The normalized spacial score (nSPS) is 11.1. The highest BCUT2D eigenvalue weighted by atomic mass is 32.1. The molecular weight excluding hydrogens is 338 g/mol. The van der Waals surface area contributed by atoms with E-state index in [1.54, 1.807) is 11.3 Å². The number of rotatable bonds is 3. The Morgan fingerprint density at radius 1 is 0.846 bits per heavy atom. The maximum Gasteiger partial charge on any atom is 0.142 e. The van der Waals surface area contributed by atoms with E-state index in [-0.39, 0.29) is 0 Å². The third kappa shape index (κ3) is 3.08. The minimum atomic E-state index is 0.781. The zero-order chi connectivity index (χ0) is 18.3. The van der Waals surface area contributed by atoms with Crippen molar-refractivity contribution in [2.75, 3.05) is 5.32 Å². The number of thiophene rings is 1. The van der Waals surface area contributed by atoms with Gasteiger partial charge in [-0.15, -0.1) is 11.3 Å². The highest BCUT2D eigenvalue weighted by Crippen LogP contribution is 2.37. The molecule has 2 heterocycles. The van der Waals surface area contributed by atoms with Gasteiger partial charge in [-0.1, -0.05) is 48.0 Å². The Morgan fingerprint density at radius 2 is 1.54 bits per heavy atom. The van der Waals surface area contributed by atoms with Crippen LogP contribution in [0.15, 0.2) is 48.5 Å². The third-order valence-electron chi connectivity index (χ3n) is 4.48. The quantitative estimate of drug-likeness (QED) is 0.464. The summed E-state index contributed by atoms with van der Waals surface area (Å²) < 4.78 is 0. The molecule has 1 N–H and O–H groups in total. The highest BCUT2D eigenvalue weighted by molar-refractivity contribution is 7.21. The predicted octanol–water partition coefficient (Wildman–Crippen LogP) is 6.34. The summed E-state index contributed by atoms with van der Waals surface area (Å²) in [6, 6.07) is 17.0. The molecule has 0 fully saturated rings. The van der Waals surface area contributed by atoms with Gasteiger partial charge in [-0.05, 0) is 50.5 Å². The second kappa shape index (κ2) is 6.54. The van der Waals surface area contributed by atoms with Gasteiger partial charge < -0.3 is 5.32 Å². The maximum atomic E-state index is 4.69. The summed E-state index contributed by atoms with van der Waals surface area (Å²) in [6.07, 6.45) is 0. The molecule has 0 aliphatic rings. The zero-order valence-corrected chi connectivity index (χ0v) is 16.2. The molecule has 0 atom stereocenters. The molecule has 26 heavy (non-hydrogen) atoms. The number of anilines is 2. The van der Waals surface area contributed by atoms with Crippen LogP contribution in [0.5, 0.6) is 0 Å². The van der Waals surface area contributed by atoms with Gasteiger partial charge in [-0.3, -0.25) is 0 Å². The summed E-state index contributed by atoms with van der Waals surface area (Å²) in [5, 5.41) is 4.64. The van der Waals surface area contributed by atoms with E-state index in [2.05, 4.69) is 73.5 Å². The van der Waals surface area contributed by atoms with Crippen LogP contribution in [-0.4, -0.2) is 9.97 Å². The molecule has 0 bridgehead atoms. The van der Waals surface area contributed by atoms with E-state index in [4.69, 9.17) is 4.98 Å². The zero-order valence-electron chi connectivity index (χ0n) is 15.4. The van der Waals surface area contributed by atoms with Crippen molar-refractivity contribution in [2.24, 2.45) is 0 Å². The molecule has 4 rings (SSSR count). The lowest BCUT2D eigenvalue weighted by molar-refractivity contribution is 1.10. The number of nitrogens with zero attached hydrogens (tertiary/aromatic N) is 2. The Bertz CT molecular complexity index is 1070. The van der Waals surface area contributed by atoms with Crippen LogP contribution in [0, 0.1) is 27.7 Å². The number of aryl methyl sites for hydroxylation is 4. The van der Waals surface area contributed by atoms with E-state index in [0.29, 0.717) is 0 Å². The predicted molar refractivity (Wildman–Crippen MR) is 112 cm³/mol. The molecule has 0 unspecified atom stereocenters. The number of aromatic nitrogens is 2. The first-order chi connectivity index (χ1) is 12.5. The lowest BCUT2D eigenvalue weighted by Crippen LogP contribution is -2.01. The van der Waals surface area contributed by atoms with E-state index in [1.165, 1.54) is 27.1 Å². The van der Waals surface area contributed by atoms with Crippen molar-refractivity contribution in [1.82, 2.24) is 9.97 Å². The molecule has 0 amide bonds. The average molecular weight is 359 g/mol. The fourth-order valence-electron chi connectivity index (χ4n) is 3.36. The van der Waals surface area contributed by atoms with Crippen molar-refractivity contribution in [3.63, 3.8) is 0 Å². The van der Waals surface area contributed by atoms with E-state index < -0.39 is 0 Å². The minimum Gasteiger partial charge on any atom is -0.339 e. The Morgan fingerprint density at radius 3 is 2.23 bits per heavy atom. The van der Waals surface area contributed by atoms with Gasteiger partial charge in [-0.25, -0.2) is 9.97 Å². The Balaban J connectivity index is 1.84. The molecule has 4 aromatic rings. The van der Waals surface area contributed by atoms with Gasteiger partial charge in [-0.2, -0.15) is 0 Å². The van der Waals surface area contributed by atoms with Crippen molar-refractivity contribution >= 4 is 33.1 Å². The molecule has 0 radical (unpaired) electrons. The largest absolute Gasteiger partial charge is 0.339 e. The highest BCUT2D eigenvalue weighted by Gasteiger charge is 2.13. The van der Waals surface area contributed by atoms with Gasteiger partial charge in [0, 0.05) is 10.6 Å². The van der Waals surface area contributed by atoms with E-state index in [0.717, 1.165) is 27.5 Å². The van der Waals surface area contributed by atoms with Gasteiger partial charge >= 0.3 is 0 Å². The number of benzene rings is 2. The van der Waals surface area contributed by atoms with Gasteiger partial charge in [0.05, 0.1) is 5.39 Å². The van der Waals surface area contributed by atoms with Crippen molar-refractivity contribution in [2.45, 2.75) is 27.7 Å². The molecule has 130 valence electrons. The smallest absolute Gasteiger partial charge is 0.142 e. The van der Waals surface area contributed by atoms with Crippen molar-refractivity contribution < 1.29 is 0 Å². The second-order valence-electron chi connectivity index (χ2n) is 6.71. The van der Waals surface area contributed by atoms with Crippen LogP contribution < -0.4 is 5.32 Å². The lowest BCUT2D eigenvalue weighted by Gasteiger charge is -2.14. The molecule has 0 saturated carbocycles. The van der Waals surface area contributed by atoms with Crippen LogP contribution in [0.2, 0.25) is 0 Å². The Hall–Kier alpha value is -2.72. The molecule has 0 aliphatic carbocycles. The Labute approximate surface area is 157 Å². The fourth-order valence-corrected chi connectivity index (χ4v) is 4.45. The van der Waals surface area contributed by atoms with Crippen LogP contribution in [0.25, 0.3) is 20.7 Å². The van der Waals surface area contributed by atoms with E-state index in [9.17, 15) is 0 Å². The number of hydrogen-bond donors (Lipinski definition) is 1. The summed E-state index contributed by atoms with van der Waals surface area (Å²) in [7, 11) is 0. The first-order valence-electron chi connectivity index (χ1n) is 8.70. The lowest BCUT2D eigenvalue weighted by atomic mass is 10.1. The first kappa shape index (κ1) is 16.7. The van der Waals surface area contributed by atoms with Crippen LogP contribution >= 0.6 is 11.3 Å². The van der Waals surface area contributed by atoms with E-state index in [1.807, 2.05) is 13.0 Å². The topological polar surface area (TPSA) is 37.8 Å². The van der Waals surface area contributed by atoms with Crippen molar-refractivity contribution in [3.8, 4) is 10.4 Å². The van der Waals surface area contributed by atoms with E-state index >= 15 is 0 Å². The molecule has 0 aliphatic heterocycles. The monoisotopic (exact) mass is 359 g/mol. The first-order valence-corrected chi connectivity index (χ1v) is 9.51. The average Bonchev–Trinajstić information content (AvgIpc) is 3.02. The number of nitrogens with one attached hydrogen (secondary N) is 1. The number of fused-ring (bicyclic) bond motifs is 1. The Kier molecular flexibility index (Phi) is 4.21. The summed E-state index contributed by atoms with van der Waals surface area (Å²) in [5.41, 5.74) is 6.07.